The molecule has 1 saturated heterocycles. The van der Waals surface area contributed by atoms with Crippen molar-refractivity contribution >= 4 is 5.82 Å². The summed E-state index contributed by atoms with van der Waals surface area (Å²) in [6.45, 7) is 1.86. The third-order valence-electron chi connectivity index (χ3n) is 4.12. The number of nitrogens with zero attached hydrogens (tertiary/aromatic N) is 5. The van der Waals surface area contributed by atoms with Crippen LogP contribution in [-0.4, -0.2) is 39.5 Å². The number of hydrogen-bond donors (Lipinski definition) is 1. The molecule has 2 aliphatic rings. The van der Waals surface area contributed by atoms with E-state index in [2.05, 4.69) is 25.2 Å². The molecule has 3 heterocycles. The molecule has 2 aromatic heterocycles. The number of hydrogen-bond acceptors (Lipinski definition) is 7. The molecule has 1 aliphatic carbocycles. The number of rotatable bonds is 3. The Hall–Kier alpha value is -2.02. The van der Waals surface area contributed by atoms with Gasteiger partial charge in [0.05, 0.1) is 0 Å². The van der Waals surface area contributed by atoms with E-state index in [0.29, 0.717) is 23.5 Å². The second-order valence-corrected chi connectivity index (χ2v) is 5.83. The Morgan fingerprint density at radius 2 is 1.90 bits per heavy atom. The Labute approximate surface area is 122 Å². The molecule has 4 rings (SSSR count). The minimum atomic E-state index is 0.313. The highest BCUT2D eigenvalue weighted by Crippen LogP contribution is 2.38. The van der Waals surface area contributed by atoms with E-state index in [1.165, 1.54) is 0 Å². The smallest absolute Gasteiger partial charge is 0.278 e. The topological polar surface area (TPSA) is 94.0 Å². The zero-order valence-electron chi connectivity index (χ0n) is 11.8. The molecule has 2 N–H and O–H groups in total. The maximum Gasteiger partial charge on any atom is 0.278 e. The predicted molar refractivity (Wildman–Crippen MR) is 76.7 cm³/mol. The molecule has 0 amide bonds. The zero-order valence-corrected chi connectivity index (χ0v) is 11.8. The molecule has 0 bridgehead atoms. The molecule has 0 atom stereocenters. The van der Waals surface area contributed by atoms with Gasteiger partial charge >= 0.3 is 0 Å². The van der Waals surface area contributed by atoms with Crippen molar-refractivity contribution in [2.24, 2.45) is 5.73 Å². The lowest BCUT2D eigenvalue weighted by molar-refractivity contribution is 0.421. The third-order valence-corrected chi connectivity index (χ3v) is 4.12. The first-order valence-electron chi connectivity index (χ1n) is 7.48. The summed E-state index contributed by atoms with van der Waals surface area (Å²) >= 11 is 0. The highest BCUT2D eigenvalue weighted by molar-refractivity contribution is 5.49. The van der Waals surface area contributed by atoms with Crippen molar-refractivity contribution in [2.45, 2.75) is 37.6 Å². The lowest BCUT2D eigenvalue weighted by atomic mass is 10.1. The molecule has 0 aromatic carbocycles. The van der Waals surface area contributed by atoms with Crippen molar-refractivity contribution in [3.05, 3.63) is 18.0 Å². The monoisotopic (exact) mass is 286 g/mol. The van der Waals surface area contributed by atoms with E-state index >= 15 is 0 Å². The first-order chi connectivity index (χ1) is 10.3. The van der Waals surface area contributed by atoms with Crippen LogP contribution in [0.5, 0.6) is 0 Å². The molecule has 21 heavy (non-hydrogen) atoms. The van der Waals surface area contributed by atoms with Gasteiger partial charge in [-0.3, -0.25) is 0 Å². The normalized spacial score (nSPS) is 20.0. The quantitative estimate of drug-likeness (QED) is 0.909. The van der Waals surface area contributed by atoms with Crippen LogP contribution in [0.2, 0.25) is 0 Å². The van der Waals surface area contributed by atoms with Gasteiger partial charge in [-0.1, -0.05) is 5.16 Å². The second kappa shape index (κ2) is 5.07. The number of aromatic nitrogens is 4. The Kier molecular flexibility index (Phi) is 3.07. The molecular formula is C14H18N6O. The van der Waals surface area contributed by atoms with Crippen LogP contribution >= 0.6 is 0 Å². The van der Waals surface area contributed by atoms with Crippen molar-refractivity contribution in [1.82, 2.24) is 20.3 Å². The summed E-state index contributed by atoms with van der Waals surface area (Å²) in [6, 6.07) is 4.16. The lowest BCUT2D eigenvalue weighted by Gasteiger charge is -2.30. The predicted octanol–water partition coefficient (Wildman–Crippen LogP) is 1.33. The first-order valence-corrected chi connectivity index (χ1v) is 7.48. The molecule has 7 heteroatoms. The van der Waals surface area contributed by atoms with Gasteiger partial charge in [0.1, 0.15) is 0 Å². The largest absolute Gasteiger partial charge is 0.355 e. The Morgan fingerprint density at radius 3 is 2.57 bits per heavy atom. The molecule has 7 nitrogen and oxygen atoms in total. The summed E-state index contributed by atoms with van der Waals surface area (Å²) in [4.78, 5) is 6.60. The van der Waals surface area contributed by atoms with Crippen molar-refractivity contribution in [1.29, 1.82) is 0 Å². The van der Waals surface area contributed by atoms with Crippen LogP contribution in [0, 0.1) is 0 Å². The van der Waals surface area contributed by atoms with Crippen LogP contribution in [0.1, 0.15) is 37.4 Å². The van der Waals surface area contributed by atoms with Crippen LogP contribution in [0.3, 0.4) is 0 Å². The van der Waals surface area contributed by atoms with E-state index in [9.17, 15) is 0 Å². The van der Waals surface area contributed by atoms with Gasteiger partial charge in [0.2, 0.25) is 0 Å². The molecule has 0 spiro atoms. The molecule has 1 aliphatic heterocycles. The Morgan fingerprint density at radius 1 is 1.10 bits per heavy atom. The van der Waals surface area contributed by atoms with Gasteiger partial charge in [0.15, 0.2) is 17.3 Å². The minimum Gasteiger partial charge on any atom is -0.355 e. The molecular weight excluding hydrogens is 268 g/mol. The molecule has 0 radical (unpaired) electrons. The summed E-state index contributed by atoms with van der Waals surface area (Å²) in [5, 5.41) is 12.5. The average molecular weight is 286 g/mol. The molecule has 0 unspecified atom stereocenters. The highest BCUT2D eigenvalue weighted by Gasteiger charge is 2.29. The van der Waals surface area contributed by atoms with E-state index in [1.54, 1.807) is 0 Å². The molecule has 1 saturated carbocycles. The van der Waals surface area contributed by atoms with E-state index in [4.69, 9.17) is 10.3 Å². The van der Waals surface area contributed by atoms with Gasteiger partial charge in [-0.05, 0) is 37.8 Å². The summed E-state index contributed by atoms with van der Waals surface area (Å²) in [7, 11) is 0. The molecule has 2 fully saturated rings. The van der Waals surface area contributed by atoms with Gasteiger partial charge in [-0.15, -0.1) is 10.2 Å². The average Bonchev–Trinajstić information content (AvgIpc) is 3.26. The van der Waals surface area contributed by atoms with Crippen LogP contribution in [0.4, 0.5) is 5.82 Å². The van der Waals surface area contributed by atoms with Crippen molar-refractivity contribution < 1.29 is 4.52 Å². The molecule has 110 valence electrons. The first kappa shape index (κ1) is 12.7. The van der Waals surface area contributed by atoms with Crippen LogP contribution < -0.4 is 10.6 Å². The van der Waals surface area contributed by atoms with Gasteiger partial charge in [0.25, 0.3) is 5.89 Å². The zero-order chi connectivity index (χ0) is 14.2. The maximum absolute atomic E-state index is 5.92. The van der Waals surface area contributed by atoms with Crippen LogP contribution in [-0.2, 0) is 0 Å². The van der Waals surface area contributed by atoms with Crippen molar-refractivity contribution in [3.8, 4) is 11.6 Å². The standard InChI is InChI=1S/C14H18N6O/c15-10-5-7-20(8-6-10)12-4-3-11(17-18-12)14-16-13(19-21-14)9-1-2-9/h3-4,9-10H,1-2,5-8,15H2. The van der Waals surface area contributed by atoms with Crippen molar-refractivity contribution in [2.75, 3.05) is 18.0 Å². The van der Waals surface area contributed by atoms with E-state index < -0.39 is 0 Å². The summed E-state index contributed by atoms with van der Waals surface area (Å²) < 4.78 is 5.26. The maximum atomic E-state index is 5.92. The number of anilines is 1. The van der Waals surface area contributed by atoms with E-state index in [-0.39, 0.29) is 0 Å². The fourth-order valence-electron chi connectivity index (χ4n) is 2.58. The fraction of sp³-hybridized carbons (Fsp3) is 0.571. The SMILES string of the molecule is NC1CCN(c2ccc(-c3nc(C4CC4)no3)nn2)CC1. The summed E-state index contributed by atoms with van der Waals surface area (Å²) in [5.41, 5.74) is 6.55. The fourth-order valence-corrected chi connectivity index (χ4v) is 2.58. The minimum absolute atomic E-state index is 0.313. The number of nitrogens with two attached hydrogens (primary N) is 1. The third kappa shape index (κ3) is 2.61. The summed E-state index contributed by atoms with van der Waals surface area (Å²) in [5.74, 6) is 2.61. The number of piperidine rings is 1. The highest BCUT2D eigenvalue weighted by atomic mass is 16.5. The van der Waals surface area contributed by atoms with E-state index in [0.717, 1.165) is 50.4 Å². The van der Waals surface area contributed by atoms with Gasteiger partial charge in [-0.25, -0.2) is 0 Å². The van der Waals surface area contributed by atoms with Crippen LogP contribution in [0.15, 0.2) is 16.7 Å². The lowest BCUT2D eigenvalue weighted by Crippen LogP contribution is -2.40. The Bertz CT molecular complexity index is 613. The van der Waals surface area contributed by atoms with Crippen molar-refractivity contribution in [3.63, 3.8) is 0 Å². The molecule has 2 aromatic rings. The van der Waals surface area contributed by atoms with Gasteiger partial charge < -0.3 is 15.2 Å². The van der Waals surface area contributed by atoms with Gasteiger partial charge in [-0.2, -0.15) is 4.98 Å². The second-order valence-electron chi connectivity index (χ2n) is 5.83. The summed E-state index contributed by atoms with van der Waals surface area (Å²) in [6.07, 6.45) is 4.30. The van der Waals surface area contributed by atoms with E-state index in [1.807, 2.05) is 12.1 Å². The Balaban J connectivity index is 1.49. The van der Waals surface area contributed by atoms with Crippen LogP contribution in [0.25, 0.3) is 11.6 Å². The van der Waals surface area contributed by atoms with Gasteiger partial charge in [0, 0.05) is 25.0 Å².